The summed E-state index contributed by atoms with van der Waals surface area (Å²) < 4.78 is 10.7. The minimum Gasteiger partial charge on any atom is -0.497 e. The number of nitrogens with one attached hydrogen (secondary N) is 1. The summed E-state index contributed by atoms with van der Waals surface area (Å²) in [4.78, 5) is 5.81. The Morgan fingerprint density at radius 1 is 1.27 bits per heavy atom. The summed E-state index contributed by atoms with van der Waals surface area (Å²) in [7, 11) is 1.68. The van der Waals surface area contributed by atoms with Crippen molar-refractivity contribution < 1.29 is 9.47 Å². The number of morpholine rings is 1. The van der Waals surface area contributed by atoms with Crippen molar-refractivity contribution in [2.45, 2.75) is 6.54 Å². The van der Waals surface area contributed by atoms with Gasteiger partial charge in [0.1, 0.15) is 5.75 Å². The van der Waals surface area contributed by atoms with E-state index in [0.29, 0.717) is 0 Å². The lowest BCUT2D eigenvalue weighted by molar-refractivity contribution is 0.0389. The molecular formula is C19H25N3O2S2. The Morgan fingerprint density at radius 3 is 2.69 bits per heavy atom. The Hall–Kier alpha value is -1.67. The molecule has 1 aromatic heterocycles. The van der Waals surface area contributed by atoms with Gasteiger partial charge in [-0.1, -0.05) is 6.07 Å². The lowest BCUT2D eigenvalue weighted by Gasteiger charge is -2.29. The molecule has 3 rings (SSSR count). The van der Waals surface area contributed by atoms with E-state index in [1.54, 1.807) is 18.4 Å². The molecule has 7 heteroatoms. The van der Waals surface area contributed by atoms with E-state index >= 15 is 0 Å². The summed E-state index contributed by atoms with van der Waals surface area (Å²) in [5.74, 6) is 0.844. The molecule has 0 aliphatic carbocycles. The van der Waals surface area contributed by atoms with Crippen LogP contribution in [-0.2, 0) is 11.3 Å². The van der Waals surface area contributed by atoms with Crippen LogP contribution in [0.25, 0.3) is 0 Å². The molecule has 1 aliphatic rings. The Morgan fingerprint density at radius 2 is 2.04 bits per heavy atom. The smallest absolute Gasteiger partial charge is 0.173 e. The number of anilines is 1. The molecule has 2 aromatic rings. The van der Waals surface area contributed by atoms with Crippen LogP contribution in [0.1, 0.15) is 4.88 Å². The molecule has 1 aliphatic heterocycles. The van der Waals surface area contributed by atoms with Gasteiger partial charge in [-0.2, -0.15) is 0 Å². The van der Waals surface area contributed by atoms with Crippen LogP contribution in [-0.4, -0.2) is 56.5 Å². The summed E-state index contributed by atoms with van der Waals surface area (Å²) in [5.41, 5.74) is 1.06. The van der Waals surface area contributed by atoms with Crippen molar-refractivity contribution in [1.29, 1.82) is 0 Å². The molecular weight excluding hydrogens is 366 g/mol. The fourth-order valence-electron chi connectivity index (χ4n) is 2.84. The predicted octanol–water partition coefficient (Wildman–Crippen LogP) is 2.97. The zero-order valence-corrected chi connectivity index (χ0v) is 16.7. The monoisotopic (exact) mass is 391 g/mol. The van der Waals surface area contributed by atoms with Crippen molar-refractivity contribution in [3.63, 3.8) is 0 Å². The number of hydrogen-bond donors (Lipinski definition) is 1. The number of methoxy groups -OCH3 is 1. The fraction of sp³-hybridized carbons (Fsp3) is 0.421. The van der Waals surface area contributed by atoms with Gasteiger partial charge in [-0.3, -0.25) is 4.90 Å². The van der Waals surface area contributed by atoms with Crippen LogP contribution < -0.4 is 15.0 Å². The molecule has 26 heavy (non-hydrogen) atoms. The highest BCUT2D eigenvalue weighted by Crippen LogP contribution is 2.22. The second-order valence-corrected chi connectivity index (χ2v) is 7.47. The predicted molar refractivity (Wildman–Crippen MR) is 111 cm³/mol. The number of nitrogens with zero attached hydrogens (tertiary/aromatic N) is 2. The molecule has 0 saturated carbocycles. The van der Waals surface area contributed by atoms with Crippen LogP contribution in [0, 0.1) is 0 Å². The van der Waals surface area contributed by atoms with Gasteiger partial charge in [0.05, 0.1) is 26.9 Å². The summed E-state index contributed by atoms with van der Waals surface area (Å²) >= 11 is 7.45. The van der Waals surface area contributed by atoms with Gasteiger partial charge in [0, 0.05) is 36.7 Å². The van der Waals surface area contributed by atoms with Gasteiger partial charge in [0.2, 0.25) is 0 Å². The van der Waals surface area contributed by atoms with Gasteiger partial charge in [-0.15, -0.1) is 11.3 Å². The zero-order chi connectivity index (χ0) is 18.2. The quantitative estimate of drug-likeness (QED) is 0.732. The van der Waals surface area contributed by atoms with E-state index in [1.165, 1.54) is 4.88 Å². The summed E-state index contributed by atoms with van der Waals surface area (Å²) in [6.07, 6.45) is 0. The highest BCUT2D eigenvalue weighted by molar-refractivity contribution is 7.80. The Labute approximate surface area is 164 Å². The van der Waals surface area contributed by atoms with Crippen molar-refractivity contribution in [3.8, 4) is 5.75 Å². The van der Waals surface area contributed by atoms with Crippen LogP contribution in [0.3, 0.4) is 0 Å². The molecule has 0 spiro atoms. The van der Waals surface area contributed by atoms with Gasteiger partial charge >= 0.3 is 0 Å². The Bertz CT molecular complexity index is 671. The van der Waals surface area contributed by atoms with E-state index in [2.05, 4.69) is 32.6 Å². The molecule has 1 fully saturated rings. The standard InChI is InChI=1S/C19H25N3O2S2/c1-23-17-6-4-16(5-7-17)22(15-18-3-2-14-26-18)19(25)20-8-9-21-10-12-24-13-11-21/h2-7,14H,8-13,15H2,1H3,(H,20,25). The molecule has 0 unspecified atom stereocenters. The molecule has 0 radical (unpaired) electrons. The first kappa shape index (κ1) is 19.1. The highest BCUT2D eigenvalue weighted by atomic mass is 32.1. The van der Waals surface area contributed by atoms with Crippen LogP contribution in [0.2, 0.25) is 0 Å². The third-order valence-electron chi connectivity index (χ3n) is 4.33. The molecule has 0 bridgehead atoms. The minimum absolute atomic E-state index is 0.747. The van der Waals surface area contributed by atoms with Crippen molar-refractivity contribution >= 4 is 34.4 Å². The van der Waals surface area contributed by atoms with E-state index in [4.69, 9.17) is 21.7 Å². The zero-order valence-electron chi connectivity index (χ0n) is 15.0. The van der Waals surface area contributed by atoms with Crippen molar-refractivity contribution in [2.24, 2.45) is 0 Å². The first-order valence-electron chi connectivity index (χ1n) is 8.78. The molecule has 5 nitrogen and oxygen atoms in total. The van der Waals surface area contributed by atoms with Gasteiger partial charge < -0.3 is 19.7 Å². The molecule has 0 amide bonds. The average molecular weight is 392 g/mol. The third-order valence-corrected chi connectivity index (χ3v) is 5.56. The molecule has 1 aromatic carbocycles. The summed E-state index contributed by atoms with van der Waals surface area (Å²) in [6.45, 7) is 6.18. The first-order valence-corrected chi connectivity index (χ1v) is 10.1. The van der Waals surface area contributed by atoms with Crippen molar-refractivity contribution in [2.75, 3.05) is 51.4 Å². The van der Waals surface area contributed by atoms with Crippen molar-refractivity contribution in [3.05, 3.63) is 46.7 Å². The molecule has 1 saturated heterocycles. The summed E-state index contributed by atoms with van der Waals surface area (Å²) in [5, 5.41) is 6.26. The lowest BCUT2D eigenvalue weighted by atomic mass is 10.2. The number of hydrogen-bond acceptors (Lipinski definition) is 5. The topological polar surface area (TPSA) is 37.0 Å². The number of benzene rings is 1. The van der Waals surface area contributed by atoms with Crippen LogP contribution in [0.5, 0.6) is 5.75 Å². The van der Waals surface area contributed by atoms with Crippen LogP contribution in [0.15, 0.2) is 41.8 Å². The number of rotatable bonds is 7. The first-order chi connectivity index (χ1) is 12.8. The summed E-state index contributed by atoms with van der Waals surface area (Å²) in [6, 6.07) is 12.2. The van der Waals surface area contributed by atoms with E-state index in [1.807, 2.05) is 24.3 Å². The molecule has 1 N–H and O–H groups in total. The second kappa shape index (κ2) is 9.87. The fourth-order valence-corrected chi connectivity index (χ4v) is 3.81. The Balaban J connectivity index is 1.62. The average Bonchev–Trinajstić information content (AvgIpc) is 3.20. The van der Waals surface area contributed by atoms with Gasteiger partial charge in [-0.05, 0) is 47.9 Å². The lowest BCUT2D eigenvalue weighted by Crippen LogP contribution is -2.45. The normalized spacial score (nSPS) is 14.8. The number of ether oxygens (including phenoxy) is 2. The third kappa shape index (κ3) is 5.41. The largest absolute Gasteiger partial charge is 0.497 e. The van der Waals surface area contributed by atoms with Crippen LogP contribution in [0.4, 0.5) is 5.69 Å². The maximum absolute atomic E-state index is 5.70. The van der Waals surface area contributed by atoms with E-state index in [-0.39, 0.29) is 0 Å². The molecule has 0 atom stereocenters. The van der Waals surface area contributed by atoms with Crippen molar-refractivity contribution in [1.82, 2.24) is 10.2 Å². The highest BCUT2D eigenvalue weighted by Gasteiger charge is 2.15. The van der Waals surface area contributed by atoms with E-state index < -0.39 is 0 Å². The SMILES string of the molecule is COc1ccc(N(Cc2cccs2)C(=S)NCCN2CCOCC2)cc1. The minimum atomic E-state index is 0.747. The second-order valence-electron chi connectivity index (χ2n) is 6.05. The van der Waals surface area contributed by atoms with Crippen LogP contribution >= 0.6 is 23.6 Å². The molecule has 2 heterocycles. The van der Waals surface area contributed by atoms with Gasteiger partial charge in [0.15, 0.2) is 5.11 Å². The molecule has 140 valence electrons. The Kier molecular flexibility index (Phi) is 7.25. The number of thiocarbonyl (C=S) groups is 1. The van der Waals surface area contributed by atoms with E-state index in [0.717, 1.165) is 62.5 Å². The maximum atomic E-state index is 5.70. The maximum Gasteiger partial charge on any atom is 0.173 e. The number of thiophene rings is 1. The van der Waals surface area contributed by atoms with Gasteiger partial charge in [-0.25, -0.2) is 0 Å². The van der Waals surface area contributed by atoms with Gasteiger partial charge in [0.25, 0.3) is 0 Å². The van der Waals surface area contributed by atoms with E-state index in [9.17, 15) is 0 Å².